The molecule has 116 valence electrons. The number of hydrogen-bond acceptors (Lipinski definition) is 5. The van der Waals surface area contributed by atoms with E-state index in [-0.39, 0.29) is 12.5 Å². The maximum absolute atomic E-state index is 12.4. The van der Waals surface area contributed by atoms with Crippen LogP contribution in [0.25, 0.3) is 5.69 Å². The van der Waals surface area contributed by atoms with Crippen molar-refractivity contribution in [2.45, 2.75) is 31.2 Å². The van der Waals surface area contributed by atoms with Gasteiger partial charge in [-0.3, -0.25) is 4.79 Å². The van der Waals surface area contributed by atoms with Crippen LogP contribution < -0.4 is 5.32 Å². The zero-order valence-electron chi connectivity index (χ0n) is 11.9. The molecular weight excluding hydrogens is 306 g/mol. The third-order valence-electron chi connectivity index (χ3n) is 4.05. The Bertz CT molecular complexity index is 668. The van der Waals surface area contributed by atoms with Gasteiger partial charge in [-0.2, -0.15) is 0 Å². The van der Waals surface area contributed by atoms with Gasteiger partial charge in [0.15, 0.2) is 0 Å². The summed E-state index contributed by atoms with van der Waals surface area (Å²) in [7, 11) is 0. The van der Waals surface area contributed by atoms with Gasteiger partial charge in [-0.1, -0.05) is 24.4 Å². The Labute approximate surface area is 132 Å². The summed E-state index contributed by atoms with van der Waals surface area (Å²) in [4.78, 5) is 12.4. The number of aromatic nitrogens is 4. The van der Waals surface area contributed by atoms with Crippen LogP contribution in [-0.4, -0.2) is 43.4 Å². The fourth-order valence-corrected chi connectivity index (χ4v) is 3.05. The minimum Gasteiger partial charge on any atom is -0.394 e. The lowest BCUT2D eigenvalue weighted by molar-refractivity contribution is 0.0838. The lowest BCUT2D eigenvalue weighted by atomic mass is 9.98. The third-order valence-corrected chi connectivity index (χ3v) is 4.37. The van der Waals surface area contributed by atoms with Crippen molar-refractivity contribution in [1.29, 1.82) is 0 Å². The molecule has 1 saturated carbocycles. The number of nitrogens with zero attached hydrogens (tertiary/aromatic N) is 4. The van der Waals surface area contributed by atoms with Crippen molar-refractivity contribution in [1.82, 2.24) is 25.5 Å². The van der Waals surface area contributed by atoms with Gasteiger partial charge in [0, 0.05) is 0 Å². The van der Waals surface area contributed by atoms with Crippen LogP contribution in [0, 0.1) is 0 Å². The first-order valence-corrected chi connectivity index (χ1v) is 7.48. The first kappa shape index (κ1) is 14.9. The predicted octanol–water partition coefficient (Wildman–Crippen LogP) is 1.35. The molecule has 0 atom stereocenters. The van der Waals surface area contributed by atoms with E-state index in [0.29, 0.717) is 16.3 Å². The number of hydrogen-bond donors (Lipinski definition) is 2. The van der Waals surface area contributed by atoms with E-state index >= 15 is 0 Å². The second-order valence-corrected chi connectivity index (χ2v) is 5.93. The van der Waals surface area contributed by atoms with Crippen molar-refractivity contribution in [2.75, 3.05) is 6.61 Å². The SMILES string of the molecule is O=C(NC1(CO)CCCC1)c1ccc(-n2cnnn2)cc1Cl. The number of carbonyl (C=O) groups is 1. The van der Waals surface area contributed by atoms with Gasteiger partial charge in [0.2, 0.25) is 0 Å². The molecule has 8 heteroatoms. The molecule has 2 aromatic rings. The Kier molecular flexibility index (Phi) is 4.08. The Morgan fingerprint density at radius 1 is 1.41 bits per heavy atom. The molecule has 0 aliphatic heterocycles. The van der Waals surface area contributed by atoms with E-state index in [2.05, 4.69) is 20.8 Å². The average molecular weight is 322 g/mol. The van der Waals surface area contributed by atoms with Gasteiger partial charge in [0.1, 0.15) is 6.33 Å². The molecule has 1 heterocycles. The molecule has 1 fully saturated rings. The second-order valence-electron chi connectivity index (χ2n) is 5.52. The van der Waals surface area contributed by atoms with E-state index in [1.165, 1.54) is 11.0 Å². The number of aliphatic hydroxyl groups is 1. The van der Waals surface area contributed by atoms with Gasteiger partial charge in [0.05, 0.1) is 28.4 Å². The maximum Gasteiger partial charge on any atom is 0.253 e. The molecule has 1 aliphatic rings. The van der Waals surface area contributed by atoms with Gasteiger partial charge < -0.3 is 10.4 Å². The van der Waals surface area contributed by atoms with Crippen LogP contribution in [0.4, 0.5) is 0 Å². The summed E-state index contributed by atoms with van der Waals surface area (Å²) >= 11 is 6.21. The molecule has 1 aromatic heterocycles. The number of aliphatic hydroxyl groups excluding tert-OH is 1. The van der Waals surface area contributed by atoms with Crippen LogP contribution in [0.15, 0.2) is 24.5 Å². The lowest BCUT2D eigenvalue weighted by Crippen LogP contribution is -2.49. The fraction of sp³-hybridized carbons (Fsp3) is 0.429. The predicted molar refractivity (Wildman–Crippen MR) is 79.9 cm³/mol. The smallest absolute Gasteiger partial charge is 0.253 e. The standard InChI is InChI=1S/C14H16ClN5O2/c15-12-7-10(20-9-16-18-19-20)3-4-11(12)13(22)17-14(8-21)5-1-2-6-14/h3-4,7,9,21H,1-2,5-6,8H2,(H,17,22). The topological polar surface area (TPSA) is 92.9 Å². The Morgan fingerprint density at radius 3 is 2.77 bits per heavy atom. The summed E-state index contributed by atoms with van der Waals surface area (Å²) in [6, 6.07) is 4.99. The van der Waals surface area contributed by atoms with E-state index in [1.54, 1.807) is 18.2 Å². The highest BCUT2D eigenvalue weighted by Crippen LogP contribution is 2.30. The van der Waals surface area contributed by atoms with E-state index in [0.717, 1.165) is 25.7 Å². The van der Waals surface area contributed by atoms with Crippen molar-refractivity contribution in [3.8, 4) is 5.69 Å². The van der Waals surface area contributed by atoms with Crippen LogP contribution >= 0.6 is 11.6 Å². The monoisotopic (exact) mass is 321 g/mol. The number of benzene rings is 1. The minimum absolute atomic E-state index is 0.0565. The molecule has 3 rings (SSSR count). The summed E-state index contributed by atoms with van der Waals surface area (Å²) in [6.07, 6.45) is 5.04. The molecule has 1 aliphatic carbocycles. The first-order chi connectivity index (χ1) is 10.6. The molecule has 2 N–H and O–H groups in total. The molecular formula is C14H16ClN5O2. The summed E-state index contributed by atoms with van der Waals surface area (Å²) in [5.74, 6) is -0.274. The molecule has 1 aromatic carbocycles. The van der Waals surface area contributed by atoms with Crippen LogP contribution in [0.3, 0.4) is 0 Å². The quantitative estimate of drug-likeness (QED) is 0.886. The Morgan fingerprint density at radius 2 is 2.18 bits per heavy atom. The van der Waals surface area contributed by atoms with Crippen molar-refractivity contribution >= 4 is 17.5 Å². The average Bonchev–Trinajstić information content (AvgIpc) is 3.19. The maximum atomic E-state index is 12.4. The van der Waals surface area contributed by atoms with Gasteiger partial charge in [0.25, 0.3) is 5.91 Å². The molecule has 0 radical (unpaired) electrons. The Balaban J connectivity index is 1.81. The van der Waals surface area contributed by atoms with Crippen molar-refractivity contribution in [3.05, 3.63) is 35.1 Å². The molecule has 22 heavy (non-hydrogen) atoms. The van der Waals surface area contributed by atoms with Crippen molar-refractivity contribution in [3.63, 3.8) is 0 Å². The van der Waals surface area contributed by atoms with E-state index in [4.69, 9.17) is 11.6 Å². The van der Waals surface area contributed by atoms with Crippen LogP contribution in [-0.2, 0) is 0 Å². The van der Waals surface area contributed by atoms with Crippen molar-refractivity contribution in [2.24, 2.45) is 0 Å². The highest BCUT2D eigenvalue weighted by molar-refractivity contribution is 6.34. The normalized spacial score (nSPS) is 16.6. The summed E-state index contributed by atoms with van der Waals surface area (Å²) in [5.41, 5.74) is 0.525. The third kappa shape index (κ3) is 2.82. The van der Waals surface area contributed by atoms with Crippen LogP contribution in [0.5, 0.6) is 0 Å². The van der Waals surface area contributed by atoms with Gasteiger partial charge >= 0.3 is 0 Å². The lowest BCUT2D eigenvalue weighted by Gasteiger charge is -2.28. The van der Waals surface area contributed by atoms with Gasteiger partial charge in [-0.05, 0) is 41.5 Å². The molecule has 0 unspecified atom stereocenters. The second kappa shape index (κ2) is 6.02. The fourth-order valence-electron chi connectivity index (χ4n) is 2.79. The van der Waals surface area contributed by atoms with Crippen LogP contribution in [0.1, 0.15) is 36.0 Å². The number of nitrogens with one attached hydrogen (secondary N) is 1. The zero-order chi connectivity index (χ0) is 15.6. The molecule has 0 spiro atoms. The Hall–Kier alpha value is -1.99. The minimum atomic E-state index is -0.519. The molecule has 0 bridgehead atoms. The van der Waals surface area contributed by atoms with E-state index in [9.17, 15) is 9.90 Å². The summed E-state index contributed by atoms with van der Waals surface area (Å²) < 4.78 is 1.46. The van der Waals surface area contributed by atoms with Gasteiger partial charge in [-0.15, -0.1) is 5.10 Å². The number of halogens is 1. The summed E-state index contributed by atoms with van der Waals surface area (Å²) in [5, 5.41) is 23.7. The number of rotatable bonds is 4. The van der Waals surface area contributed by atoms with E-state index < -0.39 is 5.54 Å². The molecule has 7 nitrogen and oxygen atoms in total. The number of carbonyl (C=O) groups excluding carboxylic acids is 1. The highest BCUT2D eigenvalue weighted by Gasteiger charge is 2.35. The molecule has 1 amide bonds. The van der Waals surface area contributed by atoms with Crippen molar-refractivity contribution < 1.29 is 9.90 Å². The van der Waals surface area contributed by atoms with Crippen LogP contribution in [0.2, 0.25) is 5.02 Å². The summed E-state index contributed by atoms with van der Waals surface area (Å²) in [6.45, 7) is -0.0565. The number of amides is 1. The van der Waals surface area contributed by atoms with E-state index in [1.807, 2.05) is 0 Å². The molecule has 0 saturated heterocycles. The zero-order valence-corrected chi connectivity index (χ0v) is 12.6. The first-order valence-electron chi connectivity index (χ1n) is 7.10. The number of tetrazole rings is 1. The highest BCUT2D eigenvalue weighted by atomic mass is 35.5. The largest absolute Gasteiger partial charge is 0.394 e. The van der Waals surface area contributed by atoms with Gasteiger partial charge in [-0.25, -0.2) is 4.68 Å².